The van der Waals surface area contributed by atoms with Gasteiger partial charge in [-0.15, -0.1) is 0 Å². The van der Waals surface area contributed by atoms with Gasteiger partial charge in [0.2, 0.25) is 0 Å². The number of carboxylic acid groups (broad SMARTS) is 1. The number of carbonyl (C=O) groups excluding carboxylic acids is 1. The van der Waals surface area contributed by atoms with Gasteiger partial charge in [-0.3, -0.25) is 0 Å². The van der Waals surface area contributed by atoms with Crippen LogP contribution in [-0.4, -0.2) is 44.0 Å². The van der Waals surface area contributed by atoms with Crippen molar-refractivity contribution >= 4 is 12.1 Å². The Morgan fingerprint density at radius 3 is 2.00 bits per heavy atom. The molecule has 1 atom stereocenters. The molecular formula is C21H26N2O5. The molecule has 0 saturated heterocycles. The third-order valence-electron chi connectivity index (χ3n) is 4.55. The number of rotatable bonds is 6. The first-order chi connectivity index (χ1) is 13.5. The molecule has 0 unspecified atom stereocenters. The second kappa shape index (κ2) is 10.4. The molecule has 2 aromatic carbocycles. The number of carbonyl (C=O) groups is 2. The van der Waals surface area contributed by atoms with Crippen LogP contribution in [-0.2, 0) is 14.4 Å². The number of aliphatic carboxylic acids is 1. The number of fused-ring (bicyclic) bond motifs is 3. The Balaban J connectivity index is 0.000000640. The van der Waals surface area contributed by atoms with Crippen molar-refractivity contribution < 1.29 is 24.3 Å². The Morgan fingerprint density at radius 1 is 1.07 bits per heavy atom. The molecular weight excluding hydrogens is 360 g/mol. The van der Waals surface area contributed by atoms with Gasteiger partial charge in [0.15, 0.2) is 0 Å². The minimum absolute atomic E-state index is 0.0342. The normalized spacial score (nSPS) is 12.8. The number of alkyl carbamates (subject to hydrolysis) is 1. The highest BCUT2D eigenvalue weighted by Crippen LogP contribution is 2.44. The zero-order valence-corrected chi connectivity index (χ0v) is 16.3. The van der Waals surface area contributed by atoms with Gasteiger partial charge in [0, 0.05) is 13.0 Å². The lowest BCUT2D eigenvalue weighted by molar-refractivity contribution is -0.139. The predicted molar refractivity (Wildman–Crippen MR) is 106 cm³/mol. The Labute approximate surface area is 164 Å². The minimum Gasteiger partial charge on any atom is -0.480 e. The number of ether oxygens (including phenoxy) is 1. The van der Waals surface area contributed by atoms with Gasteiger partial charge in [-0.25, -0.2) is 15.1 Å². The van der Waals surface area contributed by atoms with Crippen LogP contribution in [0.3, 0.4) is 0 Å². The van der Waals surface area contributed by atoms with Crippen molar-refractivity contribution in [2.45, 2.75) is 25.3 Å². The largest absolute Gasteiger partial charge is 0.480 e. The first-order valence-corrected chi connectivity index (χ1v) is 9.07. The summed E-state index contributed by atoms with van der Waals surface area (Å²) in [7, 11) is 3.28. The standard InChI is InChI=1S/C19H19NO4.C2H7NO/c1-2-17(18(21)22)20-19(23)24-11-16-14-9-5-3-7-12(14)13-8-4-6-10-15(13)16;1-3-4-2/h3-10,16-17H,2,11H2,1H3,(H,20,23)(H,21,22);3H,1-2H3/t17-;/m0./s1. The summed E-state index contributed by atoms with van der Waals surface area (Å²) in [6.07, 6.45) is -0.398. The molecule has 3 N–H and O–H groups in total. The summed E-state index contributed by atoms with van der Waals surface area (Å²) in [6.45, 7) is 1.87. The zero-order valence-electron chi connectivity index (χ0n) is 16.3. The summed E-state index contributed by atoms with van der Waals surface area (Å²) in [6, 6.07) is 15.2. The van der Waals surface area contributed by atoms with E-state index in [1.807, 2.05) is 36.4 Å². The van der Waals surface area contributed by atoms with E-state index in [-0.39, 0.29) is 12.5 Å². The van der Waals surface area contributed by atoms with Crippen molar-refractivity contribution in [3.63, 3.8) is 0 Å². The number of benzene rings is 2. The van der Waals surface area contributed by atoms with E-state index in [9.17, 15) is 9.59 Å². The number of amides is 1. The number of hydrogen-bond acceptors (Lipinski definition) is 5. The van der Waals surface area contributed by atoms with Crippen LogP contribution in [0.5, 0.6) is 0 Å². The third-order valence-corrected chi connectivity index (χ3v) is 4.55. The second-order valence-corrected chi connectivity index (χ2v) is 6.18. The van der Waals surface area contributed by atoms with E-state index in [0.717, 1.165) is 22.3 Å². The van der Waals surface area contributed by atoms with Gasteiger partial charge in [0.25, 0.3) is 0 Å². The quantitative estimate of drug-likeness (QED) is 0.660. The van der Waals surface area contributed by atoms with Gasteiger partial charge < -0.3 is 20.0 Å². The summed E-state index contributed by atoms with van der Waals surface area (Å²) in [4.78, 5) is 27.2. The average molecular weight is 386 g/mol. The van der Waals surface area contributed by atoms with Crippen molar-refractivity contribution in [3.05, 3.63) is 59.7 Å². The lowest BCUT2D eigenvalue weighted by Gasteiger charge is -2.16. The highest BCUT2D eigenvalue weighted by molar-refractivity contribution is 5.81. The summed E-state index contributed by atoms with van der Waals surface area (Å²) < 4.78 is 5.31. The zero-order chi connectivity index (χ0) is 20.5. The molecule has 7 heteroatoms. The van der Waals surface area contributed by atoms with Crippen LogP contribution < -0.4 is 10.8 Å². The van der Waals surface area contributed by atoms with E-state index in [4.69, 9.17) is 9.84 Å². The van der Waals surface area contributed by atoms with Crippen LogP contribution in [0.1, 0.15) is 30.4 Å². The topological polar surface area (TPSA) is 96.9 Å². The van der Waals surface area contributed by atoms with Gasteiger partial charge in [-0.1, -0.05) is 55.5 Å². The molecule has 0 spiro atoms. The predicted octanol–water partition coefficient (Wildman–Crippen LogP) is 3.16. The molecule has 3 rings (SSSR count). The first-order valence-electron chi connectivity index (χ1n) is 9.07. The van der Waals surface area contributed by atoms with E-state index in [1.165, 1.54) is 0 Å². The minimum atomic E-state index is -1.06. The van der Waals surface area contributed by atoms with Gasteiger partial charge in [-0.2, -0.15) is 0 Å². The summed E-state index contributed by atoms with van der Waals surface area (Å²) in [5.74, 6) is -1.10. The average Bonchev–Trinajstić information content (AvgIpc) is 3.04. The van der Waals surface area contributed by atoms with Crippen LogP contribution in [0.2, 0.25) is 0 Å². The molecule has 7 nitrogen and oxygen atoms in total. The van der Waals surface area contributed by atoms with Crippen molar-refractivity contribution in [3.8, 4) is 11.1 Å². The Kier molecular flexibility index (Phi) is 7.98. The van der Waals surface area contributed by atoms with Gasteiger partial charge in [0.05, 0.1) is 7.11 Å². The molecule has 150 valence electrons. The van der Waals surface area contributed by atoms with Crippen LogP contribution >= 0.6 is 0 Å². The maximum atomic E-state index is 11.9. The van der Waals surface area contributed by atoms with Crippen LogP contribution in [0.15, 0.2) is 48.5 Å². The lowest BCUT2D eigenvalue weighted by Crippen LogP contribution is -2.40. The molecule has 0 saturated carbocycles. The summed E-state index contributed by atoms with van der Waals surface area (Å²) in [5.41, 5.74) is 6.98. The van der Waals surface area contributed by atoms with Gasteiger partial charge in [-0.05, 0) is 28.7 Å². The van der Waals surface area contributed by atoms with E-state index >= 15 is 0 Å². The molecule has 0 fully saturated rings. The molecule has 0 radical (unpaired) electrons. The van der Waals surface area contributed by atoms with Crippen LogP contribution in [0, 0.1) is 0 Å². The number of hydrogen-bond donors (Lipinski definition) is 3. The Morgan fingerprint density at radius 2 is 1.57 bits per heavy atom. The van der Waals surface area contributed by atoms with Crippen LogP contribution in [0.25, 0.3) is 11.1 Å². The maximum Gasteiger partial charge on any atom is 0.407 e. The molecule has 28 heavy (non-hydrogen) atoms. The fraction of sp³-hybridized carbons (Fsp3) is 0.333. The number of carboxylic acids is 1. The van der Waals surface area contributed by atoms with E-state index in [2.05, 4.69) is 27.8 Å². The molecule has 0 bridgehead atoms. The highest BCUT2D eigenvalue weighted by atomic mass is 16.6. The summed E-state index contributed by atoms with van der Waals surface area (Å²) in [5, 5.41) is 11.4. The Bertz CT molecular complexity index is 761. The molecule has 2 aromatic rings. The monoisotopic (exact) mass is 386 g/mol. The van der Waals surface area contributed by atoms with Crippen molar-refractivity contribution in [1.82, 2.24) is 10.8 Å². The second-order valence-electron chi connectivity index (χ2n) is 6.18. The molecule has 0 aromatic heterocycles. The highest BCUT2D eigenvalue weighted by Gasteiger charge is 2.29. The van der Waals surface area contributed by atoms with Gasteiger partial charge in [0.1, 0.15) is 12.6 Å². The van der Waals surface area contributed by atoms with Gasteiger partial charge >= 0.3 is 12.1 Å². The lowest BCUT2D eigenvalue weighted by atomic mass is 9.98. The molecule has 1 aliphatic carbocycles. The van der Waals surface area contributed by atoms with E-state index in [0.29, 0.717) is 6.42 Å². The molecule has 0 aliphatic heterocycles. The van der Waals surface area contributed by atoms with E-state index < -0.39 is 18.1 Å². The number of nitrogens with one attached hydrogen (secondary N) is 2. The first kappa shape index (κ1) is 21.4. The number of hydroxylamine groups is 1. The summed E-state index contributed by atoms with van der Waals surface area (Å²) >= 11 is 0. The third kappa shape index (κ3) is 5.09. The van der Waals surface area contributed by atoms with Crippen LogP contribution in [0.4, 0.5) is 4.79 Å². The smallest absolute Gasteiger partial charge is 0.407 e. The van der Waals surface area contributed by atoms with Crippen molar-refractivity contribution in [2.75, 3.05) is 20.8 Å². The molecule has 1 aliphatic rings. The fourth-order valence-electron chi connectivity index (χ4n) is 3.12. The fourth-order valence-corrected chi connectivity index (χ4v) is 3.12. The maximum absolute atomic E-state index is 11.9. The van der Waals surface area contributed by atoms with Crippen molar-refractivity contribution in [1.29, 1.82) is 0 Å². The van der Waals surface area contributed by atoms with E-state index in [1.54, 1.807) is 21.1 Å². The SMILES string of the molecule is CC[C@H](NC(=O)OCC1c2ccccc2-c2ccccc21)C(=O)O.CNOC. The molecule has 0 heterocycles. The van der Waals surface area contributed by atoms with Crippen molar-refractivity contribution in [2.24, 2.45) is 0 Å². The molecule has 1 amide bonds. The Hall–Kier alpha value is -2.90.